The number of imidazole rings is 1. The van der Waals surface area contributed by atoms with Gasteiger partial charge in [0.1, 0.15) is 17.1 Å². The molecule has 6 aromatic rings. The molecule has 4 aromatic heterocycles. The first-order chi connectivity index (χ1) is 21.0. The Hall–Kier alpha value is -5.55. The molecule has 0 radical (unpaired) electrons. The number of ether oxygens (including phenoxy) is 1. The van der Waals surface area contributed by atoms with E-state index in [2.05, 4.69) is 27.5 Å². The third kappa shape index (κ3) is 4.75. The maximum Gasteiger partial charge on any atom is 0.251 e. The van der Waals surface area contributed by atoms with Crippen molar-refractivity contribution >= 4 is 22.9 Å². The monoisotopic (exact) mass is 572 g/mol. The minimum Gasteiger partial charge on any atom is -0.508 e. The first kappa shape index (κ1) is 26.4. The van der Waals surface area contributed by atoms with Crippen LogP contribution in [0.2, 0.25) is 0 Å². The van der Waals surface area contributed by atoms with Crippen LogP contribution in [-0.2, 0) is 17.8 Å². The molecule has 0 bridgehead atoms. The average Bonchev–Trinajstić information content (AvgIpc) is 3.77. The summed E-state index contributed by atoms with van der Waals surface area (Å²) in [6, 6.07) is 20.2. The lowest BCUT2D eigenvalue weighted by molar-refractivity contribution is 0.0936. The lowest BCUT2D eigenvalue weighted by Gasteiger charge is -2.16. The third-order valence-corrected chi connectivity index (χ3v) is 7.72. The van der Waals surface area contributed by atoms with Gasteiger partial charge in [0.2, 0.25) is 0 Å². The summed E-state index contributed by atoms with van der Waals surface area (Å²) < 4.78 is 8.84. The van der Waals surface area contributed by atoms with Gasteiger partial charge in [-0.05, 0) is 84.6 Å². The fourth-order valence-electron chi connectivity index (χ4n) is 5.64. The van der Waals surface area contributed by atoms with E-state index in [1.54, 1.807) is 36.3 Å². The number of aromatic hydroxyl groups is 1. The highest BCUT2D eigenvalue weighted by Gasteiger charge is 2.26. The molecule has 43 heavy (non-hydrogen) atoms. The predicted octanol–water partition coefficient (Wildman–Crippen LogP) is 4.52. The number of aromatic nitrogens is 6. The predicted molar refractivity (Wildman–Crippen MR) is 161 cm³/mol. The zero-order valence-electron chi connectivity index (χ0n) is 23.3. The standard InChI is InChI=1S/C32H28N8O3/c1-43-18-21-16-20(6-11-27(21)41)32(42)37-25-9-5-19-17-22(7-8-23(19)25)40-30(24-4-2-13-34-29(24)33)36-26-10-12-28(38-31(26)40)39-15-3-14-35-39/h2-4,6-8,10-17,25,41H,5,9,18H2,1H3,(H2,33,34)(H,37,42)/t25-/m0/s1. The third-order valence-electron chi connectivity index (χ3n) is 7.72. The van der Waals surface area contributed by atoms with Crippen molar-refractivity contribution in [3.8, 4) is 28.6 Å². The number of nitrogens with zero attached hydrogens (tertiary/aromatic N) is 6. The molecule has 1 aliphatic carbocycles. The van der Waals surface area contributed by atoms with Crippen molar-refractivity contribution in [1.82, 2.24) is 34.6 Å². The molecule has 1 amide bonds. The molecule has 11 heteroatoms. The number of phenols is 1. The molecule has 0 fully saturated rings. The summed E-state index contributed by atoms with van der Waals surface area (Å²) in [7, 11) is 1.55. The summed E-state index contributed by atoms with van der Waals surface area (Å²) >= 11 is 0. The van der Waals surface area contributed by atoms with Crippen molar-refractivity contribution in [3.05, 3.63) is 108 Å². The number of nitrogens with two attached hydrogens (primary N) is 1. The maximum absolute atomic E-state index is 13.2. The summed E-state index contributed by atoms with van der Waals surface area (Å²) in [5.74, 6) is 1.56. The number of carbonyl (C=O) groups is 1. The van der Waals surface area contributed by atoms with E-state index < -0.39 is 0 Å². The molecule has 0 spiro atoms. The minimum absolute atomic E-state index is 0.0998. The molecule has 4 N–H and O–H groups in total. The van der Waals surface area contributed by atoms with Crippen LogP contribution in [-0.4, -0.2) is 47.4 Å². The summed E-state index contributed by atoms with van der Waals surface area (Å²) in [5.41, 5.74) is 12.5. The largest absolute Gasteiger partial charge is 0.508 e. The fourth-order valence-corrected chi connectivity index (χ4v) is 5.64. The van der Waals surface area contributed by atoms with Crippen molar-refractivity contribution in [1.29, 1.82) is 0 Å². The van der Waals surface area contributed by atoms with Gasteiger partial charge in [-0.2, -0.15) is 5.10 Å². The number of hydrogen-bond acceptors (Lipinski definition) is 8. The Balaban J connectivity index is 1.26. The van der Waals surface area contributed by atoms with Gasteiger partial charge in [0.15, 0.2) is 17.3 Å². The van der Waals surface area contributed by atoms with Crippen molar-refractivity contribution in [3.63, 3.8) is 0 Å². The van der Waals surface area contributed by atoms with Gasteiger partial charge in [0.25, 0.3) is 5.91 Å². The average molecular weight is 573 g/mol. The Morgan fingerprint density at radius 3 is 2.81 bits per heavy atom. The molecule has 2 aromatic carbocycles. The molecular weight excluding hydrogens is 544 g/mol. The highest BCUT2D eigenvalue weighted by molar-refractivity contribution is 5.95. The SMILES string of the molecule is COCc1cc(C(=O)N[C@H]2CCc3cc(-n4c(-c5cccnc5N)nc5ccc(-n6cccn6)nc54)ccc32)ccc1O. The first-order valence-corrected chi connectivity index (χ1v) is 13.9. The Bertz CT molecular complexity index is 1980. The number of nitrogen functional groups attached to an aromatic ring is 1. The van der Waals surface area contributed by atoms with Crippen LogP contribution < -0.4 is 11.1 Å². The lowest BCUT2D eigenvalue weighted by atomic mass is 10.1. The second kappa shape index (κ2) is 10.7. The van der Waals surface area contributed by atoms with Crippen molar-refractivity contribution in [2.45, 2.75) is 25.5 Å². The molecule has 0 aliphatic heterocycles. The summed E-state index contributed by atoms with van der Waals surface area (Å²) in [4.78, 5) is 27.3. The fraction of sp³-hybridized carbons (Fsp3) is 0.156. The number of phenolic OH excluding ortho intramolecular Hbond substituents is 1. The number of fused-ring (bicyclic) bond motifs is 2. The summed E-state index contributed by atoms with van der Waals surface area (Å²) in [6.07, 6.45) is 6.76. The molecule has 0 saturated heterocycles. The van der Waals surface area contributed by atoms with Gasteiger partial charge in [-0.15, -0.1) is 0 Å². The van der Waals surface area contributed by atoms with Gasteiger partial charge in [0.05, 0.1) is 18.2 Å². The van der Waals surface area contributed by atoms with Gasteiger partial charge >= 0.3 is 0 Å². The van der Waals surface area contributed by atoms with Crippen LogP contribution in [0.3, 0.4) is 0 Å². The van der Waals surface area contributed by atoms with Crippen molar-refractivity contribution < 1.29 is 14.6 Å². The molecule has 214 valence electrons. The molecule has 1 aliphatic rings. The molecular formula is C32H28N8O3. The molecule has 0 saturated carbocycles. The van der Waals surface area contributed by atoms with E-state index in [-0.39, 0.29) is 24.3 Å². The number of rotatable bonds is 7. The summed E-state index contributed by atoms with van der Waals surface area (Å²) in [6.45, 7) is 0.218. The Labute approximate surface area is 246 Å². The van der Waals surface area contributed by atoms with Crippen molar-refractivity contribution in [2.75, 3.05) is 12.8 Å². The number of methoxy groups -OCH3 is 1. The lowest BCUT2D eigenvalue weighted by Crippen LogP contribution is -2.27. The van der Waals surface area contributed by atoms with Crippen LogP contribution in [0.1, 0.15) is 39.5 Å². The van der Waals surface area contributed by atoms with E-state index in [0.717, 1.165) is 29.7 Å². The molecule has 4 heterocycles. The number of anilines is 1. The Morgan fingerprint density at radius 1 is 1.09 bits per heavy atom. The summed E-state index contributed by atoms with van der Waals surface area (Å²) in [5, 5.41) is 17.6. The number of aryl methyl sites for hydroxylation is 1. The van der Waals surface area contributed by atoms with E-state index in [0.29, 0.717) is 45.3 Å². The number of nitrogens with one attached hydrogen (secondary N) is 1. The van der Waals surface area contributed by atoms with Crippen LogP contribution in [0.4, 0.5) is 5.82 Å². The van der Waals surface area contributed by atoms with Crippen molar-refractivity contribution in [2.24, 2.45) is 0 Å². The Morgan fingerprint density at radius 2 is 2.00 bits per heavy atom. The van der Waals surface area contributed by atoms with E-state index in [1.807, 2.05) is 47.2 Å². The topological polar surface area (TPSA) is 146 Å². The van der Waals surface area contributed by atoms with Gasteiger partial charge in [-0.3, -0.25) is 9.36 Å². The second-order valence-electron chi connectivity index (χ2n) is 10.4. The van der Waals surface area contributed by atoms with Crippen LogP contribution in [0.15, 0.2) is 85.3 Å². The maximum atomic E-state index is 13.2. The van der Waals surface area contributed by atoms with Gasteiger partial charge < -0.3 is 20.9 Å². The van der Waals surface area contributed by atoms with Crippen LogP contribution >= 0.6 is 0 Å². The number of benzene rings is 2. The van der Waals surface area contributed by atoms with Gasteiger partial charge in [-0.1, -0.05) is 6.07 Å². The second-order valence-corrected chi connectivity index (χ2v) is 10.4. The molecule has 11 nitrogen and oxygen atoms in total. The zero-order valence-corrected chi connectivity index (χ0v) is 23.3. The van der Waals surface area contributed by atoms with Crippen LogP contribution in [0, 0.1) is 0 Å². The van der Waals surface area contributed by atoms with Gasteiger partial charge in [-0.25, -0.2) is 19.6 Å². The van der Waals surface area contributed by atoms with Gasteiger partial charge in [0, 0.05) is 42.5 Å². The van der Waals surface area contributed by atoms with Crippen LogP contribution in [0.5, 0.6) is 5.75 Å². The molecule has 0 unspecified atom stereocenters. The molecule has 1 atom stereocenters. The van der Waals surface area contributed by atoms with E-state index >= 15 is 0 Å². The minimum atomic E-state index is -0.204. The van der Waals surface area contributed by atoms with E-state index in [4.69, 9.17) is 20.4 Å². The quantitative estimate of drug-likeness (QED) is 0.253. The van der Waals surface area contributed by atoms with Crippen LogP contribution in [0.25, 0.3) is 34.1 Å². The zero-order chi connectivity index (χ0) is 29.5. The Kier molecular flexibility index (Phi) is 6.55. The number of pyridine rings is 2. The highest BCUT2D eigenvalue weighted by atomic mass is 16.5. The number of amides is 1. The van der Waals surface area contributed by atoms with E-state index in [9.17, 15) is 9.90 Å². The normalized spacial score (nSPS) is 14.2. The highest BCUT2D eigenvalue weighted by Crippen LogP contribution is 2.36. The molecule has 7 rings (SSSR count). The van der Waals surface area contributed by atoms with E-state index in [1.165, 1.54) is 6.07 Å². The first-order valence-electron chi connectivity index (χ1n) is 13.9. The smallest absolute Gasteiger partial charge is 0.251 e. The number of carbonyl (C=O) groups excluding carboxylic acids is 1. The number of hydrogen-bond donors (Lipinski definition) is 3.